The van der Waals surface area contributed by atoms with E-state index in [2.05, 4.69) is 10.3 Å². The van der Waals surface area contributed by atoms with E-state index in [0.717, 1.165) is 44.6 Å². The summed E-state index contributed by atoms with van der Waals surface area (Å²) in [7, 11) is 0. The van der Waals surface area contributed by atoms with Gasteiger partial charge in [0.25, 0.3) is 5.91 Å². The fraction of sp³-hybridized carbons (Fsp3) is 0.500. The maximum atomic E-state index is 13.1. The smallest absolute Gasteiger partial charge is 0.276 e. The minimum atomic E-state index is -0.0607. The third-order valence-corrected chi connectivity index (χ3v) is 6.02. The number of oxazole rings is 1. The number of benzene rings is 1. The number of nitrogens with zero attached hydrogens (tertiary/aromatic N) is 2. The number of rotatable bonds is 2. The van der Waals surface area contributed by atoms with E-state index in [1.165, 1.54) is 12.8 Å². The summed E-state index contributed by atoms with van der Waals surface area (Å²) in [5.74, 6) is 1.81. The first-order chi connectivity index (χ1) is 13.2. The normalized spacial score (nSPS) is 19.4. The minimum Gasteiger partial charge on any atom is -0.486 e. The average Bonchev–Trinajstić information content (AvgIpc) is 3.38. The van der Waals surface area contributed by atoms with Crippen LogP contribution in [-0.2, 0) is 0 Å². The quantitative estimate of drug-likeness (QED) is 0.770. The van der Waals surface area contributed by atoms with Gasteiger partial charge in [0.05, 0.1) is 0 Å². The average molecular weight is 442 g/mol. The van der Waals surface area contributed by atoms with E-state index in [9.17, 15) is 4.79 Å². The number of halogens is 2. The van der Waals surface area contributed by atoms with Gasteiger partial charge in [-0.1, -0.05) is 0 Å². The number of piperidine rings is 1. The zero-order chi connectivity index (χ0) is 18.3. The molecule has 1 amide bonds. The number of likely N-dealkylation sites (tertiary alicyclic amines) is 1. The third-order valence-electron chi connectivity index (χ3n) is 6.02. The molecule has 3 aliphatic heterocycles. The van der Waals surface area contributed by atoms with Gasteiger partial charge in [0.15, 0.2) is 29.3 Å². The van der Waals surface area contributed by atoms with Crippen molar-refractivity contribution in [2.45, 2.75) is 19.3 Å². The van der Waals surface area contributed by atoms with Gasteiger partial charge in [-0.2, -0.15) is 0 Å². The monoisotopic (exact) mass is 441 g/mol. The van der Waals surface area contributed by atoms with Gasteiger partial charge in [-0.15, -0.1) is 24.8 Å². The number of hydrogen-bond donors (Lipinski definition) is 1. The summed E-state index contributed by atoms with van der Waals surface area (Å²) in [5, 5.41) is 3.46. The minimum absolute atomic E-state index is 0. The van der Waals surface area contributed by atoms with Crippen LogP contribution in [-0.4, -0.2) is 55.2 Å². The summed E-state index contributed by atoms with van der Waals surface area (Å²) < 4.78 is 16.8. The van der Waals surface area contributed by atoms with Gasteiger partial charge in [-0.05, 0) is 49.4 Å². The van der Waals surface area contributed by atoms with Crippen LogP contribution in [0.3, 0.4) is 0 Å². The topological polar surface area (TPSA) is 76.8 Å². The van der Waals surface area contributed by atoms with Crippen LogP contribution in [0, 0.1) is 5.41 Å². The molecule has 1 spiro atoms. The van der Waals surface area contributed by atoms with Crippen LogP contribution < -0.4 is 14.8 Å². The maximum absolute atomic E-state index is 13.1. The lowest BCUT2D eigenvalue weighted by Gasteiger charge is -2.38. The summed E-state index contributed by atoms with van der Waals surface area (Å²) in [6.45, 7) is 4.77. The standard InChI is InChI=1S/C20H23N3O4.2ClH/c24-19(23-7-4-20(5-8-23)3-6-21-12-20)17-18(27-13-22-17)14-1-2-15-16(11-14)26-10-9-25-15;;/h1-2,11,13,21H,3-10,12H2;2*1H. The Bertz CT molecular complexity index is 857. The highest BCUT2D eigenvalue weighted by molar-refractivity contribution is 5.97. The Hall–Kier alpha value is -1.96. The van der Waals surface area contributed by atoms with E-state index in [4.69, 9.17) is 13.9 Å². The molecule has 9 heteroatoms. The van der Waals surface area contributed by atoms with Crippen molar-refractivity contribution in [1.82, 2.24) is 15.2 Å². The molecule has 0 unspecified atom stereocenters. The lowest BCUT2D eigenvalue weighted by atomic mass is 9.78. The Morgan fingerprint density at radius 3 is 2.55 bits per heavy atom. The molecule has 3 aliphatic rings. The Morgan fingerprint density at radius 1 is 1.07 bits per heavy atom. The first-order valence-electron chi connectivity index (χ1n) is 9.58. The zero-order valence-electron chi connectivity index (χ0n) is 16.0. The lowest BCUT2D eigenvalue weighted by molar-refractivity contribution is 0.0603. The van der Waals surface area contributed by atoms with E-state index >= 15 is 0 Å². The van der Waals surface area contributed by atoms with Crippen molar-refractivity contribution in [3.8, 4) is 22.8 Å². The van der Waals surface area contributed by atoms with Gasteiger partial charge in [0.1, 0.15) is 13.2 Å². The van der Waals surface area contributed by atoms with Crippen molar-refractivity contribution in [2.75, 3.05) is 39.4 Å². The van der Waals surface area contributed by atoms with Gasteiger partial charge in [-0.25, -0.2) is 4.98 Å². The predicted molar refractivity (Wildman–Crippen MR) is 112 cm³/mol. The predicted octanol–water partition coefficient (Wildman–Crippen LogP) is 3.17. The van der Waals surface area contributed by atoms with Crippen LogP contribution in [0.4, 0.5) is 0 Å². The number of aromatic nitrogens is 1. The van der Waals surface area contributed by atoms with Crippen LogP contribution >= 0.6 is 24.8 Å². The van der Waals surface area contributed by atoms with E-state index in [1.54, 1.807) is 0 Å². The fourth-order valence-corrected chi connectivity index (χ4v) is 4.34. The molecule has 7 nitrogen and oxygen atoms in total. The Kier molecular flexibility index (Phi) is 6.61. The van der Waals surface area contributed by atoms with Crippen molar-refractivity contribution in [3.63, 3.8) is 0 Å². The van der Waals surface area contributed by atoms with E-state index < -0.39 is 0 Å². The SMILES string of the molecule is Cl.Cl.O=C(c1ncoc1-c1ccc2c(c1)OCCO2)N1CCC2(CCNC2)CC1. The Labute approximate surface area is 182 Å². The van der Waals surface area contributed by atoms with E-state index in [1.807, 2.05) is 23.1 Å². The van der Waals surface area contributed by atoms with Gasteiger partial charge >= 0.3 is 0 Å². The van der Waals surface area contributed by atoms with Crippen molar-refractivity contribution in [2.24, 2.45) is 5.41 Å². The highest BCUT2D eigenvalue weighted by Crippen LogP contribution is 2.38. The highest BCUT2D eigenvalue weighted by atomic mass is 35.5. The third kappa shape index (κ3) is 4.04. The molecule has 2 aromatic rings. The summed E-state index contributed by atoms with van der Waals surface area (Å²) >= 11 is 0. The fourth-order valence-electron chi connectivity index (χ4n) is 4.34. The lowest BCUT2D eigenvalue weighted by Crippen LogP contribution is -2.44. The molecule has 0 bridgehead atoms. The second kappa shape index (κ2) is 8.81. The van der Waals surface area contributed by atoms with Gasteiger partial charge in [0.2, 0.25) is 0 Å². The molecule has 1 aromatic heterocycles. The van der Waals surface area contributed by atoms with E-state index in [0.29, 0.717) is 41.6 Å². The summed E-state index contributed by atoms with van der Waals surface area (Å²) in [6.07, 6.45) is 4.64. The van der Waals surface area contributed by atoms with Crippen molar-refractivity contribution in [1.29, 1.82) is 0 Å². The van der Waals surface area contributed by atoms with E-state index in [-0.39, 0.29) is 30.7 Å². The maximum Gasteiger partial charge on any atom is 0.276 e. The molecule has 29 heavy (non-hydrogen) atoms. The second-order valence-corrected chi connectivity index (χ2v) is 7.61. The molecular formula is C20H25Cl2N3O4. The number of fused-ring (bicyclic) bond motifs is 1. The molecule has 0 saturated carbocycles. The molecule has 2 fully saturated rings. The van der Waals surface area contributed by atoms with Crippen molar-refractivity contribution < 1.29 is 18.7 Å². The Morgan fingerprint density at radius 2 is 1.83 bits per heavy atom. The Balaban J connectivity index is 0.00000120. The summed E-state index contributed by atoms with van der Waals surface area (Å²) in [5.41, 5.74) is 1.51. The molecule has 4 heterocycles. The first-order valence-corrected chi connectivity index (χ1v) is 9.58. The van der Waals surface area contributed by atoms with Crippen LogP contribution in [0.1, 0.15) is 29.8 Å². The molecule has 0 aliphatic carbocycles. The van der Waals surface area contributed by atoms with Crippen LogP contribution in [0.5, 0.6) is 11.5 Å². The second-order valence-electron chi connectivity index (χ2n) is 7.61. The van der Waals surface area contributed by atoms with Crippen LogP contribution in [0.15, 0.2) is 29.0 Å². The molecule has 5 rings (SSSR count). The number of ether oxygens (including phenoxy) is 2. The largest absolute Gasteiger partial charge is 0.486 e. The molecule has 0 atom stereocenters. The number of carbonyl (C=O) groups excluding carboxylic acids is 1. The van der Waals surface area contributed by atoms with Gasteiger partial charge < -0.3 is 24.1 Å². The number of amides is 1. The number of nitrogens with one attached hydrogen (secondary N) is 1. The number of carbonyl (C=O) groups is 1. The molecule has 0 radical (unpaired) electrons. The number of hydrogen-bond acceptors (Lipinski definition) is 6. The molecule has 158 valence electrons. The summed E-state index contributed by atoms with van der Waals surface area (Å²) in [4.78, 5) is 19.2. The highest BCUT2D eigenvalue weighted by Gasteiger charge is 2.39. The molecule has 1 N–H and O–H groups in total. The molecule has 2 saturated heterocycles. The molecular weight excluding hydrogens is 417 g/mol. The van der Waals surface area contributed by atoms with Crippen molar-refractivity contribution >= 4 is 30.7 Å². The zero-order valence-corrected chi connectivity index (χ0v) is 17.7. The summed E-state index contributed by atoms with van der Waals surface area (Å²) in [6, 6.07) is 5.57. The van der Waals surface area contributed by atoms with Crippen LogP contribution in [0.25, 0.3) is 11.3 Å². The first kappa shape index (κ1) is 21.7. The van der Waals surface area contributed by atoms with Crippen LogP contribution in [0.2, 0.25) is 0 Å². The molecule has 1 aromatic carbocycles. The van der Waals surface area contributed by atoms with Gasteiger partial charge in [0, 0.05) is 25.2 Å². The van der Waals surface area contributed by atoms with Crippen molar-refractivity contribution in [3.05, 3.63) is 30.3 Å². The van der Waals surface area contributed by atoms with Gasteiger partial charge in [-0.3, -0.25) is 4.79 Å².